The van der Waals surface area contributed by atoms with Crippen LogP contribution in [0.5, 0.6) is 0 Å². The summed E-state index contributed by atoms with van der Waals surface area (Å²) < 4.78 is 9.91. The second-order valence-corrected chi connectivity index (χ2v) is 4.60. The zero-order chi connectivity index (χ0) is 17.6. The quantitative estimate of drug-likeness (QED) is 0.407. The zero-order valence-corrected chi connectivity index (χ0v) is 12.6. The predicted molar refractivity (Wildman–Crippen MR) is 86.0 cm³/mol. The number of nitrogens with zero attached hydrogens (tertiary/aromatic N) is 2. The summed E-state index contributed by atoms with van der Waals surface area (Å²) >= 11 is 0. The third-order valence-corrected chi connectivity index (χ3v) is 2.96. The van der Waals surface area contributed by atoms with Gasteiger partial charge < -0.3 is 14.6 Å². The Hall–Kier alpha value is -4.02. The summed E-state index contributed by atoms with van der Waals surface area (Å²) in [7, 11) is 0. The van der Waals surface area contributed by atoms with Gasteiger partial charge in [0.15, 0.2) is 23.2 Å². The maximum absolute atomic E-state index is 11.8. The highest BCUT2D eigenvalue weighted by molar-refractivity contribution is 5.93. The molecule has 11 heteroatoms. The summed E-state index contributed by atoms with van der Waals surface area (Å²) in [6.45, 7) is 0. The van der Waals surface area contributed by atoms with Crippen LogP contribution in [0.25, 0.3) is 0 Å². The Morgan fingerprint density at radius 2 is 1.36 bits per heavy atom. The molecule has 3 heterocycles. The van der Waals surface area contributed by atoms with Crippen molar-refractivity contribution in [1.29, 1.82) is 0 Å². The van der Waals surface area contributed by atoms with Gasteiger partial charge in [0.25, 0.3) is 0 Å². The highest BCUT2D eigenvalue weighted by atomic mass is 16.3. The van der Waals surface area contributed by atoms with Gasteiger partial charge in [0.2, 0.25) is 0 Å². The Bertz CT molecular complexity index is 793. The van der Waals surface area contributed by atoms with Crippen molar-refractivity contribution in [3.8, 4) is 0 Å². The maximum Gasteiger partial charge on any atom is 0.305 e. The molecule has 3 aromatic rings. The fraction of sp³-hybridized carbons (Fsp3) is 0. The zero-order valence-electron chi connectivity index (χ0n) is 12.6. The number of nitrogens with two attached hydrogens (primary N) is 1. The molecule has 3 aromatic heterocycles. The molecule has 0 atom stereocenters. The Kier molecular flexibility index (Phi) is 4.46. The van der Waals surface area contributed by atoms with E-state index in [1.807, 2.05) is 0 Å². The minimum atomic E-state index is -0.511. The van der Waals surface area contributed by atoms with Crippen molar-refractivity contribution in [1.82, 2.24) is 20.8 Å². The molecule has 0 aliphatic rings. The molecule has 0 unspecified atom stereocenters. The number of nitrogen functional groups attached to an aromatic ring is 1. The van der Waals surface area contributed by atoms with Gasteiger partial charge in [-0.2, -0.15) is 0 Å². The van der Waals surface area contributed by atoms with E-state index in [9.17, 15) is 9.59 Å². The molecule has 2 amide bonds. The van der Waals surface area contributed by atoms with Crippen LogP contribution in [-0.2, 0) is 0 Å². The summed E-state index contributed by atoms with van der Waals surface area (Å²) in [5, 5.41) is 0. The largest absolute Gasteiger partial charge is 0.459 e. The second-order valence-electron chi connectivity index (χ2n) is 4.60. The lowest BCUT2D eigenvalue weighted by atomic mass is 10.4. The average Bonchev–Trinajstić information content (AvgIpc) is 3.32. The minimum absolute atomic E-state index is 0.0713. The van der Waals surface area contributed by atoms with E-state index < -0.39 is 11.8 Å². The lowest BCUT2D eigenvalue weighted by Crippen LogP contribution is -2.32. The molecular formula is C14H13N7O4. The van der Waals surface area contributed by atoms with E-state index in [1.54, 1.807) is 12.1 Å². The molecule has 0 saturated carbocycles. The Balaban J connectivity index is 1.61. The molecule has 6 N–H and O–H groups in total. The molecule has 0 radical (unpaired) electrons. The third-order valence-electron chi connectivity index (χ3n) is 2.96. The minimum Gasteiger partial charge on any atom is -0.459 e. The van der Waals surface area contributed by atoms with Gasteiger partial charge in [0.1, 0.15) is 12.0 Å². The van der Waals surface area contributed by atoms with Crippen LogP contribution in [0.2, 0.25) is 0 Å². The summed E-state index contributed by atoms with van der Waals surface area (Å²) in [5.41, 5.74) is 15.8. The second kappa shape index (κ2) is 7.04. The smallest absolute Gasteiger partial charge is 0.305 e. The molecule has 0 spiro atoms. The van der Waals surface area contributed by atoms with Gasteiger partial charge in [-0.25, -0.2) is 9.97 Å². The molecule has 0 aliphatic carbocycles. The number of aromatic nitrogens is 2. The van der Waals surface area contributed by atoms with Crippen molar-refractivity contribution >= 4 is 29.1 Å². The Morgan fingerprint density at radius 1 is 0.880 bits per heavy atom. The van der Waals surface area contributed by atoms with Crippen LogP contribution >= 0.6 is 0 Å². The molecular weight excluding hydrogens is 330 g/mol. The number of amides is 2. The number of nitrogens with one attached hydrogen (secondary N) is 4. The Morgan fingerprint density at radius 3 is 1.76 bits per heavy atom. The molecule has 0 saturated heterocycles. The van der Waals surface area contributed by atoms with Crippen molar-refractivity contribution in [3.63, 3.8) is 0 Å². The summed E-state index contributed by atoms with van der Waals surface area (Å²) in [5.74, 6) is -0.532. The fourth-order valence-corrected chi connectivity index (χ4v) is 1.77. The van der Waals surface area contributed by atoms with Crippen molar-refractivity contribution in [2.45, 2.75) is 0 Å². The van der Waals surface area contributed by atoms with Crippen molar-refractivity contribution in [2.24, 2.45) is 0 Å². The van der Waals surface area contributed by atoms with Crippen LogP contribution in [0.4, 0.5) is 17.3 Å². The number of carbonyl (C=O) groups is 2. The van der Waals surface area contributed by atoms with E-state index in [0.717, 1.165) is 0 Å². The summed E-state index contributed by atoms with van der Waals surface area (Å²) in [6, 6.07) is 6.16. The van der Waals surface area contributed by atoms with E-state index in [1.165, 1.54) is 31.0 Å². The molecule has 11 nitrogen and oxygen atoms in total. The number of hydrogen-bond acceptors (Lipinski definition) is 9. The topological polar surface area (TPSA) is 160 Å². The predicted octanol–water partition coefficient (Wildman–Crippen LogP) is 0.759. The van der Waals surface area contributed by atoms with E-state index >= 15 is 0 Å². The van der Waals surface area contributed by atoms with Crippen LogP contribution in [-0.4, -0.2) is 21.8 Å². The van der Waals surface area contributed by atoms with Crippen LogP contribution in [0.1, 0.15) is 21.1 Å². The first kappa shape index (κ1) is 15.9. The monoisotopic (exact) mass is 343 g/mol. The molecule has 128 valence electrons. The van der Waals surface area contributed by atoms with Crippen molar-refractivity contribution in [2.75, 3.05) is 16.6 Å². The summed E-state index contributed by atoms with van der Waals surface area (Å²) in [6.07, 6.45) is 3.94. The van der Waals surface area contributed by atoms with Gasteiger partial charge in [-0.05, 0) is 24.3 Å². The average molecular weight is 343 g/mol. The van der Waals surface area contributed by atoms with Crippen LogP contribution in [0.15, 0.2) is 52.0 Å². The highest BCUT2D eigenvalue weighted by Crippen LogP contribution is 2.21. The molecule has 3 rings (SSSR count). The normalized spacial score (nSPS) is 10.1. The van der Waals surface area contributed by atoms with Crippen molar-refractivity contribution < 1.29 is 18.4 Å². The lowest BCUT2D eigenvalue weighted by Gasteiger charge is -2.12. The molecule has 25 heavy (non-hydrogen) atoms. The van der Waals surface area contributed by atoms with Gasteiger partial charge in [-0.3, -0.25) is 31.3 Å². The molecule has 0 aromatic carbocycles. The number of anilines is 3. The van der Waals surface area contributed by atoms with Gasteiger partial charge in [0.05, 0.1) is 12.5 Å². The van der Waals surface area contributed by atoms with Gasteiger partial charge in [0, 0.05) is 0 Å². The molecule has 0 aliphatic heterocycles. The van der Waals surface area contributed by atoms with Crippen molar-refractivity contribution in [3.05, 3.63) is 54.6 Å². The first-order chi connectivity index (χ1) is 12.1. The number of furan rings is 2. The van der Waals surface area contributed by atoms with Crippen LogP contribution in [0.3, 0.4) is 0 Å². The van der Waals surface area contributed by atoms with E-state index in [-0.39, 0.29) is 28.8 Å². The van der Waals surface area contributed by atoms with Gasteiger partial charge >= 0.3 is 11.8 Å². The third kappa shape index (κ3) is 3.67. The summed E-state index contributed by atoms with van der Waals surface area (Å²) in [4.78, 5) is 31.4. The van der Waals surface area contributed by atoms with E-state index in [0.29, 0.717) is 0 Å². The number of rotatable bonds is 6. The standard InChI is InChI=1S/C14H13N7O4/c15-10-11(18-20-13(22)8-3-1-5-24-8)16-7-17-12(10)19-21-14(23)9-4-2-6-25-9/h1-7H,15H2,(H,20,22)(H,21,23)(H2,16,17,18,19). The highest BCUT2D eigenvalue weighted by Gasteiger charge is 2.13. The molecule has 0 fully saturated rings. The number of carbonyl (C=O) groups excluding carboxylic acids is 2. The molecule has 0 bridgehead atoms. The maximum atomic E-state index is 11.8. The number of hydrogen-bond donors (Lipinski definition) is 5. The van der Waals surface area contributed by atoms with Crippen LogP contribution in [0, 0.1) is 0 Å². The van der Waals surface area contributed by atoms with E-state index in [2.05, 4.69) is 31.7 Å². The van der Waals surface area contributed by atoms with Gasteiger partial charge in [-0.1, -0.05) is 0 Å². The first-order valence-electron chi connectivity index (χ1n) is 6.95. The SMILES string of the molecule is Nc1c(NNC(=O)c2ccco2)ncnc1NNC(=O)c1ccco1. The lowest BCUT2D eigenvalue weighted by molar-refractivity contribution is 0.0928. The van der Waals surface area contributed by atoms with E-state index in [4.69, 9.17) is 14.6 Å². The number of hydrazine groups is 2. The fourth-order valence-electron chi connectivity index (χ4n) is 1.77. The van der Waals surface area contributed by atoms with Crippen LogP contribution < -0.4 is 27.4 Å². The first-order valence-corrected chi connectivity index (χ1v) is 6.95. The Labute approximate surface area is 140 Å². The van der Waals surface area contributed by atoms with Gasteiger partial charge in [-0.15, -0.1) is 0 Å².